The summed E-state index contributed by atoms with van der Waals surface area (Å²) in [6, 6.07) is 5.52. The van der Waals surface area contributed by atoms with E-state index in [4.69, 9.17) is 4.74 Å². The molecule has 0 spiro atoms. The van der Waals surface area contributed by atoms with Crippen molar-refractivity contribution < 1.29 is 9.53 Å². The van der Waals surface area contributed by atoms with Crippen molar-refractivity contribution >= 4 is 21.8 Å². The van der Waals surface area contributed by atoms with Gasteiger partial charge in [0.2, 0.25) is 0 Å². The number of likely N-dealkylation sites (tertiary alicyclic amines) is 1. The van der Waals surface area contributed by atoms with Crippen LogP contribution in [0.2, 0.25) is 0 Å². The van der Waals surface area contributed by atoms with Gasteiger partial charge in [0.25, 0.3) is 5.91 Å². The van der Waals surface area contributed by atoms with Crippen LogP contribution in [0.5, 0.6) is 5.75 Å². The van der Waals surface area contributed by atoms with Gasteiger partial charge in [-0.15, -0.1) is 0 Å². The topological polar surface area (TPSA) is 29.5 Å². The van der Waals surface area contributed by atoms with Gasteiger partial charge in [0.05, 0.1) is 7.11 Å². The maximum absolute atomic E-state index is 12.3. The number of rotatable bonds is 2. The molecule has 1 saturated heterocycles. The Morgan fingerprint density at radius 2 is 2.06 bits per heavy atom. The summed E-state index contributed by atoms with van der Waals surface area (Å²) < 4.78 is 6.06. The minimum Gasteiger partial charge on any atom is -0.497 e. The van der Waals surface area contributed by atoms with Crippen LogP contribution in [-0.2, 0) is 0 Å². The normalized spacial score (nSPS) is 25.6. The number of nitrogens with zero attached hydrogens (tertiary/aromatic N) is 1. The molecule has 0 radical (unpaired) electrons. The lowest BCUT2D eigenvalue weighted by Crippen LogP contribution is -2.30. The molecular formula is C13H14BrNO2. The van der Waals surface area contributed by atoms with Crippen LogP contribution >= 0.6 is 15.9 Å². The highest BCUT2D eigenvalue weighted by atomic mass is 79.9. The predicted octanol–water partition coefficient (Wildman–Crippen LogP) is 2.55. The highest BCUT2D eigenvalue weighted by Gasteiger charge is 2.46. The summed E-state index contributed by atoms with van der Waals surface area (Å²) in [5.74, 6) is 2.38. The largest absolute Gasteiger partial charge is 0.497 e. The molecule has 90 valence electrons. The van der Waals surface area contributed by atoms with Gasteiger partial charge in [-0.3, -0.25) is 4.79 Å². The summed E-state index contributed by atoms with van der Waals surface area (Å²) in [4.78, 5) is 14.2. The third-order valence-electron chi connectivity index (χ3n) is 3.62. The van der Waals surface area contributed by atoms with Crippen LogP contribution in [0, 0.1) is 11.8 Å². The first-order valence-electron chi connectivity index (χ1n) is 5.81. The second kappa shape index (κ2) is 4.02. The van der Waals surface area contributed by atoms with Crippen molar-refractivity contribution in [3.63, 3.8) is 0 Å². The number of hydrogen-bond acceptors (Lipinski definition) is 2. The zero-order chi connectivity index (χ0) is 12.0. The van der Waals surface area contributed by atoms with Crippen LogP contribution in [0.25, 0.3) is 0 Å². The van der Waals surface area contributed by atoms with Crippen molar-refractivity contribution in [2.45, 2.75) is 6.42 Å². The van der Waals surface area contributed by atoms with Crippen molar-refractivity contribution in [3.8, 4) is 5.75 Å². The molecule has 4 heteroatoms. The highest BCUT2D eigenvalue weighted by molar-refractivity contribution is 9.10. The molecule has 2 fully saturated rings. The standard InChI is InChI=1S/C13H14BrNO2/c1-17-12-4-8(3-11(14)5-12)13(16)15-6-9-2-10(9)7-15/h3-5,9-10H,2,6-7H2,1H3. The Hall–Kier alpha value is -1.03. The number of methoxy groups -OCH3 is 1. The van der Waals surface area contributed by atoms with Gasteiger partial charge in [-0.25, -0.2) is 0 Å². The molecule has 1 aromatic rings. The molecular weight excluding hydrogens is 282 g/mol. The molecule has 0 aromatic heterocycles. The third-order valence-corrected chi connectivity index (χ3v) is 4.08. The second-order valence-electron chi connectivity index (χ2n) is 4.85. The molecule has 1 aliphatic heterocycles. The Morgan fingerprint density at radius 1 is 1.35 bits per heavy atom. The zero-order valence-electron chi connectivity index (χ0n) is 9.65. The fraction of sp³-hybridized carbons (Fsp3) is 0.462. The number of piperidine rings is 1. The first kappa shape index (κ1) is 11.1. The van der Waals surface area contributed by atoms with E-state index in [2.05, 4.69) is 15.9 Å². The molecule has 1 saturated carbocycles. The Morgan fingerprint density at radius 3 is 2.71 bits per heavy atom. The molecule has 3 rings (SSSR count). The van der Waals surface area contributed by atoms with Crippen LogP contribution in [0.15, 0.2) is 22.7 Å². The smallest absolute Gasteiger partial charge is 0.254 e. The molecule has 17 heavy (non-hydrogen) atoms. The molecule has 1 heterocycles. The van der Waals surface area contributed by atoms with Gasteiger partial charge in [0.15, 0.2) is 0 Å². The van der Waals surface area contributed by atoms with Crippen molar-refractivity contribution in [2.24, 2.45) is 11.8 Å². The molecule has 2 aliphatic rings. The fourth-order valence-corrected chi connectivity index (χ4v) is 3.02. The Kier molecular flexibility index (Phi) is 2.62. The summed E-state index contributed by atoms with van der Waals surface area (Å²) in [6.45, 7) is 1.86. The van der Waals surface area contributed by atoms with E-state index in [1.807, 2.05) is 17.0 Å². The summed E-state index contributed by atoms with van der Waals surface area (Å²) in [6.07, 6.45) is 1.31. The lowest BCUT2D eigenvalue weighted by molar-refractivity contribution is 0.0775. The third kappa shape index (κ3) is 2.06. The van der Waals surface area contributed by atoms with E-state index in [0.29, 0.717) is 11.3 Å². The zero-order valence-corrected chi connectivity index (χ0v) is 11.2. The number of benzene rings is 1. The molecule has 1 amide bonds. The van der Waals surface area contributed by atoms with Crippen LogP contribution in [-0.4, -0.2) is 31.0 Å². The highest BCUT2D eigenvalue weighted by Crippen LogP contribution is 2.45. The second-order valence-corrected chi connectivity index (χ2v) is 5.76. The van der Waals surface area contributed by atoms with Crippen molar-refractivity contribution in [1.82, 2.24) is 4.90 Å². The first-order valence-corrected chi connectivity index (χ1v) is 6.60. The number of fused-ring (bicyclic) bond motifs is 1. The van der Waals surface area contributed by atoms with Crippen molar-refractivity contribution in [1.29, 1.82) is 0 Å². The van der Waals surface area contributed by atoms with Crippen molar-refractivity contribution in [2.75, 3.05) is 20.2 Å². The van der Waals surface area contributed by atoms with E-state index in [9.17, 15) is 4.79 Å². The Balaban J connectivity index is 1.82. The number of halogens is 1. The van der Waals surface area contributed by atoms with E-state index in [1.54, 1.807) is 13.2 Å². The molecule has 3 nitrogen and oxygen atoms in total. The van der Waals surface area contributed by atoms with E-state index < -0.39 is 0 Å². The summed E-state index contributed by atoms with van der Waals surface area (Å²) in [5.41, 5.74) is 0.706. The first-order chi connectivity index (χ1) is 8.17. The fourth-order valence-electron chi connectivity index (χ4n) is 2.55. The molecule has 1 aliphatic carbocycles. The quantitative estimate of drug-likeness (QED) is 0.839. The summed E-state index contributed by atoms with van der Waals surface area (Å²) >= 11 is 3.40. The minimum atomic E-state index is 0.122. The molecule has 0 bridgehead atoms. The minimum absolute atomic E-state index is 0.122. The van der Waals surface area contributed by atoms with Gasteiger partial charge in [0.1, 0.15) is 5.75 Å². The van der Waals surface area contributed by atoms with E-state index >= 15 is 0 Å². The maximum atomic E-state index is 12.3. The van der Waals surface area contributed by atoms with Crippen LogP contribution in [0.3, 0.4) is 0 Å². The molecule has 1 aromatic carbocycles. The van der Waals surface area contributed by atoms with Crippen LogP contribution in [0.1, 0.15) is 16.8 Å². The maximum Gasteiger partial charge on any atom is 0.254 e. The summed E-state index contributed by atoms with van der Waals surface area (Å²) in [5, 5.41) is 0. The summed E-state index contributed by atoms with van der Waals surface area (Å²) in [7, 11) is 1.61. The average Bonchev–Trinajstić information content (AvgIpc) is 2.94. The van der Waals surface area contributed by atoms with E-state index in [1.165, 1.54) is 6.42 Å². The SMILES string of the molecule is COc1cc(Br)cc(C(=O)N2CC3CC3C2)c1. The Labute approximate surface area is 109 Å². The number of carbonyl (C=O) groups excluding carboxylic acids is 1. The molecule has 2 atom stereocenters. The Bertz CT molecular complexity index is 464. The van der Waals surface area contributed by atoms with Crippen molar-refractivity contribution in [3.05, 3.63) is 28.2 Å². The van der Waals surface area contributed by atoms with E-state index in [-0.39, 0.29) is 5.91 Å². The van der Waals surface area contributed by atoms with Gasteiger partial charge in [-0.05, 0) is 36.5 Å². The number of ether oxygens (including phenoxy) is 1. The van der Waals surface area contributed by atoms with Crippen LogP contribution < -0.4 is 4.74 Å². The van der Waals surface area contributed by atoms with Gasteiger partial charge >= 0.3 is 0 Å². The molecule has 2 unspecified atom stereocenters. The van der Waals surface area contributed by atoms with Gasteiger partial charge in [0, 0.05) is 23.1 Å². The van der Waals surface area contributed by atoms with Gasteiger partial charge in [-0.1, -0.05) is 15.9 Å². The molecule has 0 N–H and O–H groups in total. The number of amides is 1. The average molecular weight is 296 g/mol. The van der Waals surface area contributed by atoms with E-state index in [0.717, 1.165) is 29.4 Å². The predicted molar refractivity (Wildman–Crippen MR) is 68.2 cm³/mol. The lowest BCUT2D eigenvalue weighted by Gasteiger charge is -2.18. The number of hydrogen-bond donors (Lipinski definition) is 0. The van der Waals surface area contributed by atoms with Gasteiger partial charge in [-0.2, -0.15) is 0 Å². The monoisotopic (exact) mass is 295 g/mol. The van der Waals surface area contributed by atoms with Gasteiger partial charge < -0.3 is 9.64 Å². The lowest BCUT2D eigenvalue weighted by atomic mass is 10.2. The van der Waals surface area contributed by atoms with Crippen LogP contribution in [0.4, 0.5) is 0 Å². The number of carbonyl (C=O) groups is 1.